The molecule has 1 aromatic carbocycles. The number of phosphoric ester groups is 1. The van der Waals surface area contributed by atoms with Gasteiger partial charge in [0.2, 0.25) is 12.0 Å². The molecule has 0 radical (unpaired) electrons. The number of ether oxygens (including phenoxy) is 2. The lowest BCUT2D eigenvalue weighted by molar-refractivity contribution is -0.0860. The van der Waals surface area contributed by atoms with Crippen LogP contribution in [0.5, 0.6) is 5.75 Å². The molecule has 3 rings (SSSR count). The van der Waals surface area contributed by atoms with Crippen LogP contribution in [0.4, 0.5) is 0 Å². The summed E-state index contributed by atoms with van der Waals surface area (Å²) in [6, 6.07) is 7.92. The predicted octanol–water partition coefficient (Wildman–Crippen LogP) is 4.91. The highest BCUT2D eigenvalue weighted by Crippen LogP contribution is 2.63. The fourth-order valence-corrected chi connectivity index (χ4v) is 3.65. The molecule has 6 nitrogen and oxygen atoms in total. The Morgan fingerprint density at radius 3 is 2.50 bits per heavy atom. The molecule has 2 aliphatic heterocycles. The van der Waals surface area contributed by atoms with E-state index < -0.39 is 14.1 Å². The maximum Gasteiger partial charge on any atom is 0.590 e. The molecule has 1 saturated heterocycles. The van der Waals surface area contributed by atoms with Gasteiger partial charge < -0.3 is 18.5 Å². The van der Waals surface area contributed by atoms with Crippen LogP contribution in [0, 0.1) is 0 Å². The van der Waals surface area contributed by atoms with Crippen LogP contribution in [0.1, 0.15) is 45.1 Å². The fraction of sp³-hybridized carbons (Fsp3) is 0.529. The maximum absolute atomic E-state index is 11.9. The van der Waals surface area contributed by atoms with E-state index in [2.05, 4.69) is 13.8 Å². The van der Waals surface area contributed by atoms with Gasteiger partial charge in [0, 0.05) is 6.42 Å². The molecule has 0 N–H and O–H groups in total. The highest BCUT2D eigenvalue weighted by Gasteiger charge is 2.49. The normalized spacial score (nSPS) is 22.9. The van der Waals surface area contributed by atoms with Crippen LogP contribution in [0.2, 0.25) is 0 Å². The summed E-state index contributed by atoms with van der Waals surface area (Å²) in [6.07, 6.45) is 4.31. The Bertz CT molecular complexity index is 639. The number of phosphoric acid groups is 1. The van der Waals surface area contributed by atoms with E-state index in [-0.39, 0.29) is 12.6 Å². The summed E-state index contributed by atoms with van der Waals surface area (Å²) < 4.78 is 38.8. The molecular formula is C17H23O6P. The Kier molecular flexibility index (Phi) is 5.36. The van der Waals surface area contributed by atoms with E-state index in [4.69, 9.17) is 23.0 Å². The quantitative estimate of drug-likeness (QED) is 0.357. The summed E-state index contributed by atoms with van der Waals surface area (Å²) in [7, 11) is -3.47. The van der Waals surface area contributed by atoms with Crippen LogP contribution in [0.3, 0.4) is 0 Å². The van der Waals surface area contributed by atoms with Gasteiger partial charge in [-0.2, -0.15) is 0 Å². The number of fused-ring (bicyclic) bond motifs is 2. The highest BCUT2D eigenvalue weighted by atomic mass is 31.2. The molecule has 2 heterocycles. The van der Waals surface area contributed by atoms with Crippen LogP contribution < -0.4 is 4.74 Å². The standard InChI is InChI=1S/C17H23O6P/c1-3-5-6-7-16(20-14-10-8-13(4-2)9-11-14)21-17-15-12-19-24(18,22-15)23-17/h8-11,16H,3-7,12H2,1-2H3. The van der Waals surface area contributed by atoms with Crippen molar-refractivity contribution in [2.75, 3.05) is 6.61 Å². The molecule has 2 atom stereocenters. The van der Waals surface area contributed by atoms with Crippen molar-refractivity contribution in [1.82, 2.24) is 0 Å². The molecule has 132 valence electrons. The van der Waals surface area contributed by atoms with Gasteiger partial charge in [0.05, 0.1) is 0 Å². The molecule has 2 unspecified atom stereocenters. The van der Waals surface area contributed by atoms with Crippen molar-refractivity contribution in [2.24, 2.45) is 0 Å². The number of benzene rings is 1. The maximum atomic E-state index is 11.9. The molecule has 2 bridgehead atoms. The topological polar surface area (TPSA) is 63.2 Å². The van der Waals surface area contributed by atoms with Gasteiger partial charge in [0.1, 0.15) is 12.4 Å². The molecule has 7 heteroatoms. The van der Waals surface area contributed by atoms with Gasteiger partial charge in [-0.25, -0.2) is 4.57 Å². The molecular weight excluding hydrogens is 331 g/mol. The first-order chi connectivity index (χ1) is 11.6. The second kappa shape index (κ2) is 7.49. The number of rotatable bonds is 9. The van der Waals surface area contributed by atoms with E-state index in [1.807, 2.05) is 24.3 Å². The average molecular weight is 354 g/mol. The van der Waals surface area contributed by atoms with Crippen molar-refractivity contribution < 1.29 is 27.6 Å². The highest BCUT2D eigenvalue weighted by molar-refractivity contribution is 7.49. The molecule has 0 amide bonds. The predicted molar refractivity (Wildman–Crippen MR) is 88.2 cm³/mol. The third kappa shape index (κ3) is 4.05. The third-order valence-corrected chi connectivity index (χ3v) is 5.16. The van der Waals surface area contributed by atoms with E-state index in [1.165, 1.54) is 5.56 Å². The van der Waals surface area contributed by atoms with Gasteiger partial charge in [-0.15, -0.1) is 0 Å². The largest absolute Gasteiger partial charge is 0.590 e. The first-order valence-corrected chi connectivity index (χ1v) is 9.87. The summed E-state index contributed by atoms with van der Waals surface area (Å²) in [5, 5.41) is 0. The molecule has 0 spiro atoms. The van der Waals surface area contributed by atoms with Crippen LogP contribution >= 0.6 is 7.82 Å². The summed E-state index contributed by atoms with van der Waals surface area (Å²) in [6.45, 7) is 4.36. The van der Waals surface area contributed by atoms with Crippen molar-refractivity contribution in [1.29, 1.82) is 0 Å². The van der Waals surface area contributed by atoms with Gasteiger partial charge >= 0.3 is 13.8 Å². The zero-order valence-corrected chi connectivity index (χ0v) is 14.9. The van der Waals surface area contributed by atoms with Crippen molar-refractivity contribution in [3.8, 4) is 5.75 Å². The van der Waals surface area contributed by atoms with E-state index in [1.54, 1.807) is 0 Å². The van der Waals surface area contributed by atoms with Crippen molar-refractivity contribution in [3.05, 3.63) is 41.5 Å². The van der Waals surface area contributed by atoms with Gasteiger partial charge in [0.15, 0.2) is 0 Å². The van der Waals surface area contributed by atoms with Crippen molar-refractivity contribution in [3.63, 3.8) is 0 Å². The van der Waals surface area contributed by atoms with Gasteiger partial charge in [-0.3, -0.25) is 4.52 Å². The van der Waals surface area contributed by atoms with E-state index in [0.717, 1.165) is 31.4 Å². The SMILES string of the molecule is CCCCCC(OC1=C2COP(=O)(O2)O1)Oc1ccc(CC)cc1. The Hall–Kier alpha value is -1.65. The summed E-state index contributed by atoms with van der Waals surface area (Å²) >= 11 is 0. The summed E-state index contributed by atoms with van der Waals surface area (Å²) in [4.78, 5) is 0. The molecule has 1 fully saturated rings. The Labute approximate surface area is 142 Å². The minimum absolute atomic E-state index is 0.111. The van der Waals surface area contributed by atoms with Crippen LogP contribution in [-0.2, 0) is 29.3 Å². The average Bonchev–Trinajstić information content (AvgIpc) is 3.11. The molecule has 0 aliphatic carbocycles. The number of unbranched alkanes of at least 4 members (excludes halogenated alkanes) is 2. The minimum Gasteiger partial charge on any atom is -0.455 e. The first-order valence-electron chi connectivity index (χ1n) is 8.41. The van der Waals surface area contributed by atoms with Crippen LogP contribution in [-0.4, -0.2) is 12.9 Å². The third-order valence-electron chi connectivity index (χ3n) is 3.88. The lowest BCUT2D eigenvalue weighted by Crippen LogP contribution is -2.21. The second-order valence-electron chi connectivity index (χ2n) is 5.77. The zero-order chi connectivity index (χ0) is 17.0. The number of hydrogen-bond donors (Lipinski definition) is 0. The van der Waals surface area contributed by atoms with Crippen molar-refractivity contribution >= 4 is 7.82 Å². The number of hydrogen-bond acceptors (Lipinski definition) is 6. The fourth-order valence-electron chi connectivity index (χ4n) is 2.48. The second-order valence-corrected chi connectivity index (χ2v) is 7.29. The van der Waals surface area contributed by atoms with Crippen LogP contribution in [0.15, 0.2) is 36.0 Å². The first kappa shape index (κ1) is 17.2. The molecule has 0 aromatic heterocycles. The Balaban J connectivity index is 1.65. The smallest absolute Gasteiger partial charge is 0.455 e. The molecule has 2 aliphatic rings. The van der Waals surface area contributed by atoms with Gasteiger partial charge in [-0.05, 0) is 30.5 Å². The van der Waals surface area contributed by atoms with E-state index in [0.29, 0.717) is 12.2 Å². The van der Waals surface area contributed by atoms with Gasteiger partial charge in [0.25, 0.3) is 0 Å². The van der Waals surface area contributed by atoms with Gasteiger partial charge in [-0.1, -0.05) is 38.8 Å². The Morgan fingerprint density at radius 1 is 1.12 bits per heavy atom. The zero-order valence-electron chi connectivity index (χ0n) is 14.0. The molecule has 24 heavy (non-hydrogen) atoms. The van der Waals surface area contributed by atoms with Crippen LogP contribution in [0.25, 0.3) is 0 Å². The molecule has 1 aromatic rings. The molecule has 0 saturated carbocycles. The minimum atomic E-state index is -3.47. The summed E-state index contributed by atoms with van der Waals surface area (Å²) in [5.41, 5.74) is 1.25. The van der Waals surface area contributed by atoms with Crippen molar-refractivity contribution in [2.45, 2.75) is 52.2 Å². The van der Waals surface area contributed by atoms with E-state index >= 15 is 0 Å². The van der Waals surface area contributed by atoms with E-state index in [9.17, 15) is 4.57 Å². The number of aryl methyl sites for hydroxylation is 1. The Morgan fingerprint density at radius 2 is 1.92 bits per heavy atom. The monoisotopic (exact) mass is 354 g/mol. The lowest BCUT2D eigenvalue weighted by Gasteiger charge is -2.21. The lowest BCUT2D eigenvalue weighted by atomic mass is 10.2. The summed E-state index contributed by atoms with van der Waals surface area (Å²) in [5.74, 6) is 1.19.